The van der Waals surface area contributed by atoms with E-state index in [0.29, 0.717) is 92.3 Å². The number of primary amides is 1. The van der Waals surface area contributed by atoms with Gasteiger partial charge in [-0.2, -0.15) is 9.97 Å². The molecule has 36 heavy (non-hydrogen) atoms. The lowest BCUT2D eigenvalue weighted by Crippen LogP contribution is -2.41. The van der Waals surface area contributed by atoms with Gasteiger partial charge in [-0.25, -0.2) is 0 Å². The molecule has 0 atom stereocenters. The molecule has 2 amide bonds. The van der Waals surface area contributed by atoms with E-state index in [1.807, 2.05) is 0 Å². The molecule has 190 valence electrons. The van der Waals surface area contributed by atoms with Crippen molar-refractivity contribution in [2.45, 2.75) is 0 Å². The van der Waals surface area contributed by atoms with Crippen LogP contribution in [0.5, 0.6) is 11.5 Å². The maximum absolute atomic E-state index is 13.1. The van der Waals surface area contributed by atoms with E-state index in [1.54, 1.807) is 24.1 Å². The molecule has 4 heterocycles. The van der Waals surface area contributed by atoms with Gasteiger partial charge in [0, 0.05) is 32.9 Å². The predicted octanol–water partition coefficient (Wildman–Crippen LogP) is 1.10. The summed E-state index contributed by atoms with van der Waals surface area (Å²) in [6.45, 7) is 3.59. The Bertz CT molecular complexity index is 1290. The van der Waals surface area contributed by atoms with Crippen molar-refractivity contribution >= 4 is 40.3 Å². The minimum absolute atomic E-state index is 0.140. The molecule has 1 saturated heterocycles. The molecule has 5 rings (SSSR count). The Labute approximate surface area is 206 Å². The SMILES string of the molecule is COCCNc1nc(Nc2ccc(C(=O)N3CCOCC3)c3c2OCCO3)nc2[nH]cc(C(N)=O)c12. The summed E-state index contributed by atoms with van der Waals surface area (Å²) >= 11 is 0. The lowest BCUT2D eigenvalue weighted by atomic mass is 10.1. The minimum Gasteiger partial charge on any atom is -0.485 e. The molecular formula is C23H27N7O6. The maximum atomic E-state index is 13.1. The van der Waals surface area contributed by atoms with Crippen LogP contribution in [0.15, 0.2) is 18.3 Å². The summed E-state index contributed by atoms with van der Waals surface area (Å²) < 4.78 is 22.2. The van der Waals surface area contributed by atoms with Gasteiger partial charge >= 0.3 is 0 Å². The highest BCUT2D eigenvalue weighted by Crippen LogP contribution is 2.42. The number of ether oxygens (including phenoxy) is 4. The number of amides is 2. The van der Waals surface area contributed by atoms with Gasteiger partial charge in [0.05, 0.1) is 42.0 Å². The Kier molecular flexibility index (Phi) is 6.73. The second-order valence-electron chi connectivity index (χ2n) is 8.15. The number of hydrogen-bond acceptors (Lipinski definition) is 10. The van der Waals surface area contributed by atoms with Gasteiger partial charge in [0.1, 0.15) is 24.7 Å². The molecule has 2 aliphatic rings. The van der Waals surface area contributed by atoms with Crippen LogP contribution in [0.25, 0.3) is 11.0 Å². The number of carbonyl (C=O) groups excluding carboxylic acids is 2. The number of fused-ring (bicyclic) bond motifs is 2. The molecule has 0 radical (unpaired) electrons. The largest absolute Gasteiger partial charge is 0.485 e. The summed E-state index contributed by atoms with van der Waals surface area (Å²) in [5.74, 6) is 0.698. The van der Waals surface area contributed by atoms with Gasteiger partial charge in [-0.3, -0.25) is 9.59 Å². The Balaban J connectivity index is 1.49. The van der Waals surface area contributed by atoms with Crippen molar-refractivity contribution in [3.8, 4) is 11.5 Å². The molecule has 0 unspecified atom stereocenters. The number of methoxy groups -OCH3 is 1. The van der Waals surface area contributed by atoms with E-state index in [0.717, 1.165) is 0 Å². The third-order valence-corrected chi connectivity index (χ3v) is 5.86. The summed E-state index contributed by atoms with van der Waals surface area (Å²) in [6, 6.07) is 3.43. The molecule has 1 aromatic carbocycles. The number of nitrogens with one attached hydrogen (secondary N) is 3. The van der Waals surface area contributed by atoms with Gasteiger partial charge in [-0.15, -0.1) is 0 Å². The molecule has 0 spiro atoms. The fourth-order valence-corrected chi connectivity index (χ4v) is 4.14. The Morgan fingerprint density at radius 3 is 2.64 bits per heavy atom. The van der Waals surface area contributed by atoms with Gasteiger partial charge in [0.25, 0.3) is 11.8 Å². The van der Waals surface area contributed by atoms with Crippen molar-refractivity contribution < 1.29 is 28.5 Å². The van der Waals surface area contributed by atoms with Crippen molar-refractivity contribution in [3.63, 3.8) is 0 Å². The number of morpholine rings is 1. The van der Waals surface area contributed by atoms with Gasteiger partial charge < -0.3 is 45.2 Å². The van der Waals surface area contributed by atoms with Gasteiger partial charge in [0.2, 0.25) is 5.95 Å². The van der Waals surface area contributed by atoms with Gasteiger partial charge in [-0.05, 0) is 12.1 Å². The number of hydrogen-bond donors (Lipinski definition) is 4. The van der Waals surface area contributed by atoms with Crippen molar-refractivity contribution in [3.05, 3.63) is 29.5 Å². The maximum Gasteiger partial charge on any atom is 0.257 e. The van der Waals surface area contributed by atoms with Crippen LogP contribution >= 0.6 is 0 Å². The number of benzene rings is 1. The van der Waals surface area contributed by atoms with Crippen LogP contribution in [0.3, 0.4) is 0 Å². The average molecular weight is 498 g/mol. The zero-order valence-electron chi connectivity index (χ0n) is 19.8. The smallest absolute Gasteiger partial charge is 0.257 e. The molecule has 0 saturated carbocycles. The van der Waals surface area contributed by atoms with Crippen molar-refractivity contribution in [1.29, 1.82) is 0 Å². The Hall–Kier alpha value is -4.10. The molecular weight excluding hydrogens is 470 g/mol. The first-order valence-electron chi connectivity index (χ1n) is 11.5. The topological polar surface area (TPSA) is 166 Å². The van der Waals surface area contributed by atoms with E-state index in [2.05, 4.69) is 25.6 Å². The van der Waals surface area contributed by atoms with Crippen LogP contribution in [0, 0.1) is 0 Å². The van der Waals surface area contributed by atoms with Crippen molar-refractivity contribution in [1.82, 2.24) is 19.9 Å². The quantitative estimate of drug-likeness (QED) is 0.331. The van der Waals surface area contributed by atoms with Crippen LogP contribution < -0.4 is 25.8 Å². The molecule has 2 aromatic heterocycles. The summed E-state index contributed by atoms with van der Waals surface area (Å²) in [5.41, 5.74) is 7.18. The monoisotopic (exact) mass is 497 g/mol. The lowest BCUT2D eigenvalue weighted by molar-refractivity contribution is 0.0298. The summed E-state index contributed by atoms with van der Waals surface area (Å²) in [4.78, 5) is 38.8. The molecule has 3 aromatic rings. The van der Waals surface area contributed by atoms with Gasteiger partial charge in [-0.1, -0.05) is 0 Å². The van der Waals surface area contributed by atoms with Crippen LogP contribution in [0.4, 0.5) is 17.5 Å². The standard InChI is InChI=1S/C23H27N7O6/c1-33-7-4-25-20-16-14(19(24)31)12-26-21(16)29-23(28-20)27-15-3-2-13(17-18(15)36-11-10-35-17)22(32)30-5-8-34-9-6-30/h2-3,12H,4-11H2,1H3,(H2,24,31)(H3,25,26,27,28,29). The number of nitrogens with zero attached hydrogens (tertiary/aromatic N) is 3. The fraction of sp³-hybridized carbons (Fsp3) is 0.391. The molecule has 0 bridgehead atoms. The van der Waals surface area contributed by atoms with Crippen LogP contribution in [0.1, 0.15) is 20.7 Å². The minimum atomic E-state index is -0.597. The number of aromatic nitrogens is 3. The first-order chi connectivity index (χ1) is 17.6. The van der Waals surface area contributed by atoms with E-state index in [-0.39, 0.29) is 17.4 Å². The molecule has 1 fully saturated rings. The van der Waals surface area contributed by atoms with E-state index in [9.17, 15) is 9.59 Å². The number of nitrogens with two attached hydrogens (primary N) is 1. The fourth-order valence-electron chi connectivity index (χ4n) is 4.14. The van der Waals surface area contributed by atoms with Crippen molar-refractivity contribution in [2.75, 3.05) is 70.4 Å². The lowest BCUT2D eigenvalue weighted by Gasteiger charge is -2.29. The second-order valence-corrected chi connectivity index (χ2v) is 8.15. The molecule has 13 nitrogen and oxygen atoms in total. The van der Waals surface area contributed by atoms with E-state index < -0.39 is 5.91 Å². The Morgan fingerprint density at radius 1 is 1.11 bits per heavy atom. The zero-order chi connectivity index (χ0) is 25.1. The number of H-pyrrole nitrogens is 1. The third-order valence-electron chi connectivity index (χ3n) is 5.86. The van der Waals surface area contributed by atoms with E-state index in [1.165, 1.54) is 6.20 Å². The first-order valence-corrected chi connectivity index (χ1v) is 11.5. The van der Waals surface area contributed by atoms with Crippen molar-refractivity contribution in [2.24, 2.45) is 5.73 Å². The van der Waals surface area contributed by atoms with Crippen LogP contribution in [0.2, 0.25) is 0 Å². The summed E-state index contributed by atoms with van der Waals surface area (Å²) in [7, 11) is 1.59. The second kappa shape index (κ2) is 10.3. The zero-order valence-corrected chi connectivity index (χ0v) is 19.8. The summed E-state index contributed by atoms with van der Waals surface area (Å²) in [6.07, 6.45) is 1.50. The van der Waals surface area contributed by atoms with Gasteiger partial charge in [0.15, 0.2) is 11.5 Å². The predicted molar refractivity (Wildman–Crippen MR) is 130 cm³/mol. The normalized spacial score (nSPS) is 15.1. The Morgan fingerprint density at radius 2 is 1.89 bits per heavy atom. The molecule has 13 heteroatoms. The highest BCUT2D eigenvalue weighted by Gasteiger charge is 2.28. The summed E-state index contributed by atoms with van der Waals surface area (Å²) in [5, 5.41) is 6.80. The van der Waals surface area contributed by atoms with E-state index in [4.69, 9.17) is 24.7 Å². The van der Waals surface area contributed by atoms with Crippen LogP contribution in [-0.2, 0) is 9.47 Å². The number of rotatable bonds is 8. The number of anilines is 3. The highest BCUT2D eigenvalue weighted by atomic mass is 16.6. The molecule has 5 N–H and O–H groups in total. The molecule has 0 aliphatic carbocycles. The van der Waals surface area contributed by atoms with Crippen LogP contribution in [-0.4, -0.2) is 91.4 Å². The number of carbonyl (C=O) groups is 2. The average Bonchev–Trinajstić information content (AvgIpc) is 3.34. The third kappa shape index (κ3) is 4.57. The van der Waals surface area contributed by atoms with E-state index >= 15 is 0 Å². The highest BCUT2D eigenvalue weighted by molar-refractivity contribution is 6.09. The molecule has 2 aliphatic heterocycles. The first kappa shape index (κ1) is 23.6. The number of aromatic amines is 1.